The molecule has 1 heterocycles. The van der Waals surface area contributed by atoms with Crippen LogP contribution < -0.4 is 10.0 Å². The van der Waals surface area contributed by atoms with Crippen LogP contribution >= 0.6 is 27.5 Å². The highest BCUT2D eigenvalue weighted by molar-refractivity contribution is 9.10. The topological polar surface area (TPSA) is 71.1 Å². The van der Waals surface area contributed by atoms with Crippen LogP contribution in [0.4, 0.5) is 5.69 Å². The number of anilines is 1. The molecule has 1 aliphatic carbocycles. The number of sulfonamides is 1. The van der Waals surface area contributed by atoms with E-state index >= 15 is 0 Å². The molecule has 1 saturated carbocycles. The third-order valence-electron chi connectivity index (χ3n) is 5.24. The number of hydrogen-bond acceptors (Lipinski definition) is 4. The molecule has 0 amide bonds. The van der Waals surface area contributed by atoms with E-state index in [4.69, 9.17) is 11.6 Å². The van der Waals surface area contributed by atoms with Gasteiger partial charge in [0.25, 0.3) is 0 Å². The zero-order valence-corrected chi connectivity index (χ0v) is 18.8. The molecule has 0 atom stereocenters. The van der Waals surface area contributed by atoms with Crippen molar-refractivity contribution in [3.63, 3.8) is 0 Å². The normalized spacial score (nSPS) is 19.9. The van der Waals surface area contributed by atoms with Gasteiger partial charge < -0.3 is 5.32 Å². The van der Waals surface area contributed by atoms with Crippen LogP contribution in [0.2, 0.25) is 5.02 Å². The maximum atomic E-state index is 12.6. The monoisotopic (exact) mass is 493 g/mol. The number of halogens is 2. The van der Waals surface area contributed by atoms with Gasteiger partial charge in [0.1, 0.15) is 0 Å². The molecule has 3 aromatic rings. The van der Waals surface area contributed by atoms with Crippen molar-refractivity contribution in [2.45, 2.75) is 42.7 Å². The predicted octanol–water partition coefficient (Wildman–Crippen LogP) is 5.35. The SMILES string of the molecule is O=S(=O)(NC1CCC(Nc2ccnc3cc(Cl)ccc23)CC1)c1ccc(Br)cc1. The van der Waals surface area contributed by atoms with Crippen molar-refractivity contribution < 1.29 is 8.42 Å². The Hall–Kier alpha value is -1.67. The first-order chi connectivity index (χ1) is 13.9. The van der Waals surface area contributed by atoms with Crippen LogP contribution in [0.5, 0.6) is 0 Å². The number of rotatable bonds is 5. The van der Waals surface area contributed by atoms with E-state index in [2.05, 4.69) is 31.0 Å². The molecule has 2 aromatic carbocycles. The van der Waals surface area contributed by atoms with E-state index in [9.17, 15) is 8.42 Å². The van der Waals surface area contributed by atoms with Gasteiger partial charge in [-0.3, -0.25) is 4.98 Å². The highest BCUT2D eigenvalue weighted by Crippen LogP contribution is 2.28. The molecule has 0 aliphatic heterocycles. The van der Waals surface area contributed by atoms with Gasteiger partial charge in [-0.25, -0.2) is 13.1 Å². The van der Waals surface area contributed by atoms with Crippen LogP contribution in [0.25, 0.3) is 10.9 Å². The van der Waals surface area contributed by atoms with Crippen LogP contribution in [0.1, 0.15) is 25.7 Å². The molecular formula is C21H21BrClN3O2S. The van der Waals surface area contributed by atoms with E-state index in [1.807, 2.05) is 24.3 Å². The predicted molar refractivity (Wildman–Crippen MR) is 121 cm³/mol. The highest BCUT2D eigenvalue weighted by atomic mass is 79.9. The quantitative estimate of drug-likeness (QED) is 0.501. The first kappa shape index (κ1) is 20.6. The smallest absolute Gasteiger partial charge is 0.240 e. The number of aromatic nitrogens is 1. The van der Waals surface area contributed by atoms with E-state index < -0.39 is 10.0 Å². The van der Waals surface area contributed by atoms with E-state index in [0.29, 0.717) is 16.0 Å². The first-order valence-electron chi connectivity index (χ1n) is 9.49. The molecule has 8 heteroatoms. The zero-order chi connectivity index (χ0) is 20.4. The molecule has 1 aliphatic rings. The van der Waals surface area contributed by atoms with Gasteiger partial charge in [-0.2, -0.15) is 0 Å². The average Bonchev–Trinajstić information content (AvgIpc) is 2.69. The van der Waals surface area contributed by atoms with Gasteiger partial charge in [0.15, 0.2) is 0 Å². The summed E-state index contributed by atoms with van der Waals surface area (Å²) in [5.41, 5.74) is 1.89. The molecular weight excluding hydrogens is 474 g/mol. The lowest BCUT2D eigenvalue weighted by molar-refractivity contribution is 0.387. The largest absolute Gasteiger partial charge is 0.382 e. The third-order valence-corrected chi connectivity index (χ3v) is 7.54. The molecule has 152 valence electrons. The van der Waals surface area contributed by atoms with Crippen molar-refractivity contribution in [2.75, 3.05) is 5.32 Å². The Morgan fingerprint density at radius 3 is 2.38 bits per heavy atom. The Labute approximate surface area is 184 Å². The second-order valence-electron chi connectivity index (χ2n) is 7.29. The minimum absolute atomic E-state index is 0.0466. The summed E-state index contributed by atoms with van der Waals surface area (Å²) in [6, 6.07) is 14.6. The highest BCUT2D eigenvalue weighted by Gasteiger charge is 2.26. The number of nitrogens with one attached hydrogen (secondary N) is 2. The molecule has 0 bridgehead atoms. The number of benzene rings is 2. The van der Waals surface area contributed by atoms with Gasteiger partial charge in [-0.05, 0) is 74.2 Å². The second kappa shape index (κ2) is 8.60. The molecule has 1 fully saturated rings. The molecule has 0 radical (unpaired) electrons. The molecule has 2 N–H and O–H groups in total. The Kier molecular flexibility index (Phi) is 6.11. The van der Waals surface area contributed by atoms with Crippen LogP contribution in [0.3, 0.4) is 0 Å². The lowest BCUT2D eigenvalue weighted by atomic mass is 9.91. The fourth-order valence-corrected chi connectivity index (χ4v) is 5.46. The van der Waals surface area contributed by atoms with E-state index in [1.165, 1.54) is 0 Å². The fourth-order valence-electron chi connectivity index (χ4n) is 3.72. The van der Waals surface area contributed by atoms with Crippen LogP contribution in [-0.2, 0) is 10.0 Å². The summed E-state index contributed by atoms with van der Waals surface area (Å²) in [4.78, 5) is 4.67. The van der Waals surface area contributed by atoms with Gasteiger partial charge in [0.2, 0.25) is 10.0 Å². The Morgan fingerprint density at radius 1 is 0.966 bits per heavy atom. The molecule has 5 nitrogen and oxygen atoms in total. The summed E-state index contributed by atoms with van der Waals surface area (Å²) in [6.45, 7) is 0. The number of fused-ring (bicyclic) bond motifs is 1. The standard InChI is InChI=1S/C21H21BrClN3O2S/c22-14-1-8-18(9-2-14)29(27,28)26-17-6-4-16(5-7-17)25-20-11-12-24-21-13-15(23)3-10-19(20)21/h1-3,8-13,16-17,26H,4-7H2,(H,24,25). The Morgan fingerprint density at radius 2 is 1.66 bits per heavy atom. The number of hydrogen-bond donors (Lipinski definition) is 2. The molecule has 4 rings (SSSR count). The summed E-state index contributed by atoms with van der Waals surface area (Å²) in [7, 11) is -3.50. The number of pyridine rings is 1. The Bertz CT molecular complexity index is 1110. The van der Waals surface area contributed by atoms with Crippen LogP contribution in [-0.4, -0.2) is 25.5 Å². The molecule has 0 unspecified atom stereocenters. The molecule has 29 heavy (non-hydrogen) atoms. The van der Waals surface area contributed by atoms with E-state index in [0.717, 1.165) is 46.7 Å². The van der Waals surface area contributed by atoms with Crippen molar-refractivity contribution in [1.29, 1.82) is 0 Å². The summed E-state index contributed by atoms with van der Waals surface area (Å²) >= 11 is 9.40. The minimum atomic E-state index is -3.50. The van der Waals surface area contributed by atoms with Crippen molar-refractivity contribution >= 4 is 54.1 Å². The molecule has 0 saturated heterocycles. The minimum Gasteiger partial charge on any atom is -0.382 e. The first-order valence-corrected chi connectivity index (χ1v) is 12.1. The van der Waals surface area contributed by atoms with Crippen LogP contribution in [0, 0.1) is 0 Å². The van der Waals surface area contributed by atoms with E-state index in [1.54, 1.807) is 30.5 Å². The van der Waals surface area contributed by atoms with Crippen LogP contribution in [0.15, 0.2) is 64.1 Å². The van der Waals surface area contributed by atoms with Crippen molar-refractivity contribution in [3.05, 3.63) is 64.2 Å². The van der Waals surface area contributed by atoms with E-state index in [-0.39, 0.29) is 6.04 Å². The molecule has 0 spiro atoms. The van der Waals surface area contributed by atoms with Gasteiger partial charge in [-0.1, -0.05) is 27.5 Å². The Balaban J connectivity index is 1.38. The van der Waals surface area contributed by atoms with Crippen molar-refractivity contribution in [2.24, 2.45) is 0 Å². The summed E-state index contributed by atoms with van der Waals surface area (Å²) < 4.78 is 28.9. The van der Waals surface area contributed by atoms with Gasteiger partial charge in [0, 0.05) is 38.8 Å². The average molecular weight is 495 g/mol. The lowest BCUT2D eigenvalue weighted by Crippen LogP contribution is -2.40. The number of nitrogens with zero attached hydrogens (tertiary/aromatic N) is 1. The van der Waals surface area contributed by atoms with Gasteiger partial charge in [0.05, 0.1) is 10.4 Å². The zero-order valence-electron chi connectivity index (χ0n) is 15.6. The van der Waals surface area contributed by atoms with Crippen molar-refractivity contribution in [1.82, 2.24) is 9.71 Å². The summed E-state index contributed by atoms with van der Waals surface area (Å²) in [5.74, 6) is 0. The third kappa shape index (κ3) is 4.91. The fraction of sp³-hybridized carbons (Fsp3) is 0.286. The van der Waals surface area contributed by atoms with Gasteiger partial charge in [-0.15, -0.1) is 0 Å². The van der Waals surface area contributed by atoms with Crippen molar-refractivity contribution in [3.8, 4) is 0 Å². The second-order valence-corrected chi connectivity index (χ2v) is 10.4. The molecule has 1 aromatic heterocycles. The lowest BCUT2D eigenvalue weighted by Gasteiger charge is -2.30. The van der Waals surface area contributed by atoms with Gasteiger partial charge >= 0.3 is 0 Å². The maximum Gasteiger partial charge on any atom is 0.240 e. The summed E-state index contributed by atoms with van der Waals surface area (Å²) in [5, 5.41) is 5.30. The summed E-state index contributed by atoms with van der Waals surface area (Å²) in [6.07, 6.45) is 5.15. The maximum absolute atomic E-state index is 12.6.